The van der Waals surface area contributed by atoms with Crippen LogP contribution in [0.4, 0.5) is 5.69 Å². The zero-order chi connectivity index (χ0) is 15.0. The minimum atomic E-state index is -3.71. The van der Waals surface area contributed by atoms with E-state index in [2.05, 4.69) is 30.4 Å². The van der Waals surface area contributed by atoms with Gasteiger partial charge in [0.1, 0.15) is 0 Å². The number of rotatable bonds is 6. The van der Waals surface area contributed by atoms with Gasteiger partial charge in [0, 0.05) is 18.2 Å². The van der Waals surface area contributed by atoms with Crippen LogP contribution in [0.25, 0.3) is 0 Å². The number of aromatic amines is 2. The second-order valence-corrected chi connectivity index (χ2v) is 6.91. The summed E-state index contributed by atoms with van der Waals surface area (Å²) in [5, 5.41) is 16.5. The molecule has 21 heavy (non-hydrogen) atoms. The van der Waals surface area contributed by atoms with Crippen LogP contribution in [0, 0.1) is 13.8 Å². The van der Waals surface area contributed by atoms with Crippen molar-refractivity contribution in [3.05, 3.63) is 23.1 Å². The molecule has 3 rings (SSSR count). The number of H-pyrrole nitrogens is 2. The first kappa shape index (κ1) is 14.1. The van der Waals surface area contributed by atoms with Crippen molar-refractivity contribution in [3.8, 4) is 0 Å². The van der Waals surface area contributed by atoms with Crippen molar-refractivity contribution in [2.75, 3.05) is 4.72 Å². The normalized spacial score (nSPS) is 15.3. The van der Waals surface area contributed by atoms with Gasteiger partial charge in [-0.3, -0.25) is 14.9 Å². The van der Waals surface area contributed by atoms with Gasteiger partial charge in [-0.2, -0.15) is 18.6 Å². The SMILES string of the molecule is Cc1n[nH]c(C)c1NS(=O)(=O)c1[nH]ncc1CNC1CC1. The number of anilines is 1. The summed E-state index contributed by atoms with van der Waals surface area (Å²) in [5.41, 5.74) is 2.39. The van der Waals surface area contributed by atoms with Gasteiger partial charge in [-0.25, -0.2) is 0 Å². The van der Waals surface area contributed by atoms with E-state index in [9.17, 15) is 8.42 Å². The standard InChI is InChI=1S/C12H18N6O2S/c1-7-11(8(2)16-15-7)18-21(19,20)12-9(6-14-17-12)5-13-10-3-4-10/h6,10,13,18H,3-5H2,1-2H3,(H,14,17)(H,15,16). The predicted molar refractivity (Wildman–Crippen MR) is 77.3 cm³/mol. The van der Waals surface area contributed by atoms with Crippen LogP contribution < -0.4 is 10.0 Å². The molecule has 0 bridgehead atoms. The minimum Gasteiger partial charge on any atom is -0.310 e. The lowest BCUT2D eigenvalue weighted by molar-refractivity contribution is 0.593. The quantitative estimate of drug-likeness (QED) is 0.630. The Morgan fingerprint density at radius 1 is 1.33 bits per heavy atom. The zero-order valence-corrected chi connectivity index (χ0v) is 12.7. The van der Waals surface area contributed by atoms with Crippen molar-refractivity contribution in [2.24, 2.45) is 0 Å². The molecule has 0 aromatic carbocycles. The summed E-state index contributed by atoms with van der Waals surface area (Å²) in [7, 11) is -3.71. The van der Waals surface area contributed by atoms with Gasteiger partial charge in [0.25, 0.3) is 10.0 Å². The lowest BCUT2D eigenvalue weighted by atomic mass is 10.3. The highest BCUT2D eigenvalue weighted by Crippen LogP contribution is 2.23. The Morgan fingerprint density at radius 3 is 2.71 bits per heavy atom. The number of nitrogens with one attached hydrogen (secondary N) is 4. The highest BCUT2D eigenvalue weighted by atomic mass is 32.2. The van der Waals surface area contributed by atoms with Crippen molar-refractivity contribution >= 4 is 15.7 Å². The fourth-order valence-corrected chi connectivity index (χ4v) is 3.40. The summed E-state index contributed by atoms with van der Waals surface area (Å²) in [4.78, 5) is 0. The summed E-state index contributed by atoms with van der Waals surface area (Å²) in [5.74, 6) is 0. The molecule has 114 valence electrons. The molecule has 2 heterocycles. The summed E-state index contributed by atoms with van der Waals surface area (Å²) >= 11 is 0. The molecule has 2 aromatic heterocycles. The molecule has 0 unspecified atom stereocenters. The van der Waals surface area contributed by atoms with Crippen molar-refractivity contribution < 1.29 is 8.42 Å². The lowest BCUT2D eigenvalue weighted by Gasteiger charge is -2.08. The highest BCUT2D eigenvalue weighted by Gasteiger charge is 2.25. The Kier molecular flexibility index (Phi) is 3.46. The predicted octanol–water partition coefficient (Wildman–Crippen LogP) is 0.802. The number of sulfonamides is 1. The molecule has 8 nitrogen and oxygen atoms in total. The first-order valence-electron chi connectivity index (χ1n) is 6.77. The topological polar surface area (TPSA) is 116 Å². The third kappa shape index (κ3) is 2.93. The minimum absolute atomic E-state index is 0.0932. The molecule has 4 N–H and O–H groups in total. The molecule has 1 aliphatic carbocycles. The van der Waals surface area contributed by atoms with Crippen LogP contribution in [0.15, 0.2) is 11.2 Å². The number of hydrogen-bond donors (Lipinski definition) is 4. The Bertz CT molecular complexity index is 724. The van der Waals surface area contributed by atoms with Crippen LogP contribution >= 0.6 is 0 Å². The van der Waals surface area contributed by atoms with Crippen LogP contribution in [-0.4, -0.2) is 34.9 Å². The molecular formula is C12H18N6O2S. The molecular weight excluding hydrogens is 292 g/mol. The van der Waals surface area contributed by atoms with E-state index >= 15 is 0 Å². The van der Waals surface area contributed by atoms with E-state index in [0.717, 1.165) is 12.8 Å². The van der Waals surface area contributed by atoms with Crippen molar-refractivity contribution in [1.29, 1.82) is 0 Å². The second-order valence-electron chi connectivity index (χ2n) is 5.29. The molecule has 1 saturated carbocycles. The maximum absolute atomic E-state index is 12.5. The summed E-state index contributed by atoms with van der Waals surface area (Å²) in [6, 6.07) is 0.502. The van der Waals surface area contributed by atoms with Gasteiger partial charge in [-0.1, -0.05) is 0 Å². The first-order chi connectivity index (χ1) is 9.97. The molecule has 0 saturated heterocycles. The van der Waals surface area contributed by atoms with E-state index in [1.807, 2.05) is 0 Å². The van der Waals surface area contributed by atoms with Crippen LogP contribution in [0.2, 0.25) is 0 Å². The van der Waals surface area contributed by atoms with Crippen molar-refractivity contribution in [3.63, 3.8) is 0 Å². The van der Waals surface area contributed by atoms with Crippen LogP contribution in [0.5, 0.6) is 0 Å². The van der Waals surface area contributed by atoms with Gasteiger partial charge in [-0.05, 0) is 26.7 Å². The molecule has 0 spiro atoms. The van der Waals surface area contributed by atoms with Gasteiger partial charge >= 0.3 is 0 Å². The molecule has 0 amide bonds. The fraction of sp³-hybridized carbons (Fsp3) is 0.500. The van der Waals surface area contributed by atoms with E-state index in [-0.39, 0.29) is 5.03 Å². The number of aryl methyl sites for hydroxylation is 2. The van der Waals surface area contributed by atoms with Gasteiger partial charge in [0.05, 0.1) is 23.3 Å². The third-order valence-corrected chi connectivity index (χ3v) is 4.83. The zero-order valence-electron chi connectivity index (χ0n) is 11.9. The van der Waals surface area contributed by atoms with Crippen LogP contribution in [-0.2, 0) is 16.6 Å². The third-order valence-electron chi connectivity index (χ3n) is 3.47. The number of nitrogens with zero attached hydrogens (tertiary/aromatic N) is 2. The molecule has 1 aliphatic rings. The van der Waals surface area contributed by atoms with Crippen molar-refractivity contribution in [1.82, 2.24) is 25.7 Å². The van der Waals surface area contributed by atoms with E-state index in [1.165, 1.54) is 0 Å². The Morgan fingerprint density at radius 2 is 2.10 bits per heavy atom. The maximum Gasteiger partial charge on any atom is 0.279 e. The highest BCUT2D eigenvalue weighted by molar-refractivity contribution is 7.92. The largest absolute Gasteiger partial charge is 0.310 e. The average Bonchev–Trinajstić information content (AvgIpc) is 3.06. The van der Waals surface area contributed by atoms with Gasteiger partial charge in [0.15, 0.2) is 5.03 Å². The fourth-order valence-electron chi connectivity index (χ4n) is 2.09. The van der Waals surface area contributed by atoms with Gasteiger partial charge in [0.2, 0.25) is 0 Å². The summed E-state index contributed by atoms with van der Waals surface area (Å²) in [6.45, 7) is 3.99. The smallest absolute Gasteiger partial charge is 0.279 e. The first-order valence-corrected chi connectivity index (χ1v) is 8.25. The molecule has 9 heteroatoms. The number of aromatic nitrogens is 4. The molecule has 1 fully saturated rings. The maximum atomic E-state index is 12.5. The lowest BCUT2D eigenvalue weighted by Crippen LogP contribution is -2.20. The second kappa shape index (κ2) is 5.15. The van der Waals surface area contributed by atoms with E-state index in [1.54, 1.807) is 20.0 Å². The van der Waals surface area contributed by atoms with E-state index in [0.29, 0.717) is 35.2 Å². The molecule has 0 atom stereocenters. The van der Waals surface area contributed by atoms with E-state index < -0.39 is 10.0 Å². The molecule has 0 aliphatic heterocycles. The van der Waals surface area contributed by atoms with Crippen LogP contribution in [0.3, 0.4) is 0 Å². The summed E-state index contributed by atoms with van der Waals surface area (Å²) in [6.07, 6.45) is 3.83. The Hall–Kier alpha value is -1.87. The van der Waals surface area contributed by atoms with E-state index in [4.69, 9.17) is 0 Å². The Labute approximate surface area is 122 Å². The van der Waals surface area contributed by atoms with Gasteiger partial charge in [-0.15, -0.1) is 0 Å². The monoisotopic (exact) mass is 310 g/mol. The molecule has 2 aromatic rings. The van der Waals surface area contributed by atoms with Crippen LogP contribution in [0.1, 0.15) is 29.8 Å². The summed E-state index contributed by atoms with van der Waals surface area (Å²) < 4.78 is 27.5. The average molecular weight is 310 g/mol. The van der Waals surface area contributed by atoms with Gasteiger partial charge < -0.3 is 5.32 Å². The number of hydrogen-bond acceptors (Lipinski definition) is 5. The van der Waals surface area contributed by atoms with Crippen molar-refractivity contribution in [2.45, 2.75) is 44.3 Å². The molecule has 0 radical (unpaired) electrons. The Balaban J connectivity index is 1.82.